The molecule has 0 unspecified atom stereocenters. The van der Waals surface area contributed by atoms with E-state index in [1.54, 1.807) is 18.2 Å². The van der Waals surface area contributed by atoms with Crippen molar-refractivity contribution in [2.45, 2.75) is 26.7 Å². The van der Waals surface area contributed by atoms with Gasteiger partial charge in [0.05, 0.1) is 5.56 Å². The Hall–Kier alpha value is -1.75. The lowest BCUT2D eigenvalue weighted by Crippen LogP contribution is -2.24. The van der Waals surface area contributed by atoms with Gasteiger partial charge in [-0.3, -0.25) is 4.79 Å². The largest absolute Gasteiger partial charge is 0.399 e. The van der Waals surface area contributed by atoms with Gasteiger partial charge in [-0.05, 0) is 38.0 Å². The summed E-state index contributed by atoms with van der Waals surface area (Å²) < 4.78 is 5.42. The molecule has 0 aliphatic rings. The summed E-state index contributed by atoms with van der Waals surface area (Å²) in [5.74, 6) is -0.0859. The quantitative estimate of drug-likeness (QED) is 0.478. The molecule has 1 aromatic rings. The zero-order valence-corrected chi connectivity index (χ0v) is 12.4. The van der Waals surface area contributed by atoms with Gasteiger partial charge in [-0.25, -0.2) is 0 Å². The zero-order valence-electron chi connectivity index (χ0n) is 12.4. The van der Waals surface area contributed by atoms with Gasteiger partial charge in [-0.15, -0.1) is 0 Å². The molecule has 0 fully saturated rings. The lowest BCUT2D eigenvalue weighted by Gasteiger charge is -2.12. The lowest BCUT2D eigenvalue weighted by molar-refractivity contribution is 0.0956. The van der Waals surface area contributed by atoms with Gasteiger partial charge in [0.15, 0.2) is 0 Å². The van der Waals surface area contributed by atoms with Gasteiger partial charge in [0, 0.05) is 37.7 Å². The first kappa shape index (κ1) is 16.3. The maximum Gasteiger partial charge on any atom is 0.253 e. The third-order valence-electron chi connectivity index (χ3n) is 2.75. The van der Waals surface area contributed by atoms with Crippen LogP contribution in [0.4, 0.5) is 11.4 Å². The van der Waals surface area contributed by atoms with Crippen LogP contribution in [0.3, 0.4) is 0 Å². The van der Waals surface area contributed by atoms with Crippen LogP contribution in [0.15, 0.2) is 18.2 Å². The maximum atomic E-state index is 11.9. The molecule has 0 radical (unpaired) electrons. The Morgan fingerprint density at radius 2 is 2.10 bits per heavy atom. The second-order valence-corrected chi connectivity index (χ2v) is 4.56. The van der Waals surface area contributed by atoms with Gasteiger partial charge in [0.2, 0.25) is 0 Å². The van der Waals surface area contributed by atoms with Crippen LogP contribution in [0.1, 0.15) is 37.0 Å². The Morgan fingerprint density at radius 1 is 1.30 bits per heavy atom. The summed E-state index contributed by atoms with van der Waals surface area (Å²) >= 11 is 0. The number of benzene rings is 1. The maximum absolute atomic E-state index is 11.9. The molecule has 20 heavy (non-hydrogen) atoms. The van der Waals surface area contributed by atoms with E-state index in [1.165, 1.54) is 0 Å². The monoisotopic (exact) mass is 279 g/mol. The molecule has 0 aromatic heterocycles. The summed E-state index contributed by atoms with van der Waals surface area (Å²) in [5, 5.41) is 6.05. The first-order valence-corrected chi connectivity index (χ1v) is 7.18. The fourth-order valence-corrected chi connectivity index (χ4v) is 1.81. The van der Waals surface area contributed by atoms with Crippen LogP contribution in [-0.2, 0) is 4.74 Å². The van der Waals surface area contributed by atoms with E-state index in [-0.39, 0.29) is 5.91 Å². The van der Waals surface area contributed by atoms with Gasteiger partial charge in [0.25, 0.3) is 5.91 Å². The van der Waals surface area contributed by atoms with Crippen LogP contribution < -0.4 is 16.4 Å². The molecule has 5 heteroatoms. The highest BCUT2D eigenvalue weighted by molar-refractivity contribution is 6.00. The van der Waals surface area contributed by atoms with E-state index in [0.29, 0.717) is 17.8 Å². The second kappa shape index (κ2) is 9.20. The predicted molar refractivity (Wildman–Crippen MR) is 83.1 cm³/mol. The smallest absolute Gasteiger partial charge is 0.253 e. The van der Waals surface area contributed by atoms with Crippen LogP contribution in [0.25, 0.3) is 0 Å². The van der Waals surface area contributed by atoms with Crippen LogP contribution in [0.2, 0.25) is 0 Å². The number of hydrogen-bond acceptors (Lipinski definition) is 4. The number of hydrogen-bond donors (Lipinski definition) is 3. The Bertz CT molecular complexity index is 422. The van der Waals surface area contributed by atoms with Crippen LogP contribution in [0, 0.1) is 0 Å². The van der Waals surface area contributed by atoms with Crippen LogP contribution in [0.5, 0.6) is 0 Å². The molecular formula is C15H25N3O2. The van der Waals surface area contributed by atoms with Gasteiger partial charge >= 0.3 is 0 Å². The molecule has 0 aliphatic heterocycles. The summed E-state index contributed by atoms with van der Waals surface area (Å²) in [7, 11) is 0. The van der Waals surface area contributed by atoms with Crippen molar-refractivity contribution in [3.8, 4) is 0 Å². The van der Waals surface area contributed by atoms with E-state index < -0.39 is 0 Å². The predicted octanol–water partition coefficient (Wildman–Crippen LogP) is 2.25. The molecule has 0 spiro atoms. The molecule has 0 heterocycles. The van der Waals surface area contributed by atoms with Crippen molar-refractivity contribution in [1.82, 2.24) is 5.32 Å². The van der Waals surface area contributed by atoms with Gasteiger partial charge in [-0.2, -0.15) is 0 Å². The highest BCUT2D eigenvalue weighted by atomic mass is 16.5. The molecule has 1 amide bonds. The van der Waals surface area contributed by atoms with E-state index in [2.05, 4.69) is 17.6 Å². The van der Waals surface area contributed by atoms with E-state index in [4.69, 9.17) is 10.5 Å². The van der Waals surface area contributed by atoms with Crippen molar-refractivity contribution in [2.75, 3.05) is 37.4 Å². The summed E-state index contributed by atoms with van der Waals surface area (Å²) in [6.07, 6.45) is 1.92. The molecular weight excluding hydrogens is 254 g/mol. The van der Waals surface area contributed by atoms with E-state index >= 15 is 0 Å². The van der Waals surface area contributed by atoms with E-state index in [1.807, 2.05) is 6.92 Å². The summed E-state index contributed by atoms with van der Waals surface area (Å²) in [4.78, 5) is 11.9. The zero-order chi connectivity index (χ0) is 14.8. The SMILES string of the molecule is CCCOCCCNc1cc(N)ccc1C(=O)NCC. The number of nitrogens with two attached hydrogens (primary N) is 1. The molecule has 0 atom stereocenters. The van der Waals surface area contributed by atoms with Gasteiger partial charge in [0.1, 0.15) is 0 Å². The Labute approximate surface area is 120 Å². The van der Waals surface area contributed by atoms with Crippen molar-refractivity contribution in [1.29, 1.82) is 0 Å². The number of carbonyl (C=O) groups is 1. The number of nitrogen functional groups attached to an aromatic ring is 1. The first-order chi connectivity index (χ1) is 9.69. The van der Waals surface area contributed by atoms with Crippen LogP contribution >= 0.6 is 0 Å². The number of ether oxygens (including phenoxy) is 1. The minimum Gasteiger partial charge on any atom is -0.399 e. The number of rotatable bonds is 9. The van der Waals surface area contributed by atoms with Crippen molar-refractivity contribution in [3.63, 3.8) is 0 Å². The normalized spacial score (nSPS) is 10.3. The Morgan fingerprint density at radius 3 is 2.80 bits per heavy atom. The second-order valence-electron chi connectivity index (χ2n) is 4.56. The van der Waals surface area contributed by atoms with Crippen LogP contribution in [-0.4, -0.2) is 32.2 Å². The average molecular weight is 279 g/mol. The lowest BCUT2D eigenvalue weighted by atomic mass is 10.1. The van der Waals surface area contributed by atoms with Gasteiger partial charge < -0.3 is 21.1 Å². The molecule has 0 saturated carbocycles. The molecule has 1 aromatic carbocycles. The van der Waals surface area contributed by atoms with Gasteiger partial charge in [-0.1, -0.05) is 6.92 Å². The number of amides is 1. The van der Waals surface area contributed by atoms with Crippen molar-refractivity contribution in [2.24, 2.45) is 0 Å². The highest BCUT2D eigenvalue weighted by Crippen LogP contribution is 2.19. The summed E-state index contributed by atoms with van der Waals surface area (Å²) in [6.45, 7) is 6.85. The molecule has 0 saturated heterocycles. The van der Waals surface area contributed by atoms with Crippen molar-refractivity contribution >= 4 is 17.3 Å². The first-order valence-electron chi connectivity index (χ1n) is 7.18. The molecule has 5 nitrogen and oxygen atoms in total. The molecule has 1 rings (SSSR count). The molecule has 0 bridgehead atoms. The fraction of sp³-hybridized carbons (Fsp3) is 0.533. The molecule has 0 aliphatic carbocycles. The Kier molecular flexibility index (Phi) is 7.50. The fourth-order valence-electron chi connectivity index (χ4n) is 1.81. The topological polar surface area (TPSA) is 76.4 Å². The average Bonchev–Trinajstić information content (AvgIpc) is 2.43. The van der Waals surface area contributed by atoms with E-state index in [0.717, 1.165) is 38.3 Å². The van der Waals surface area contributed by atoms with Crippen molar-refractivity contribution < 1.29 is 9.53 Å². The minimum atomic E-state index is -0.0859. The summed E-state index contributed by atoms with van der Waals surface area (Å²) in [6, 6.07) is 5.27. The number of anilines is 2. The third kappa shape index (κ3) is 5.48. The standard InChI is InChI=1S/C15H25N3O2/c1-3-9-20-10-5-8-18-14-11-12(16)6-7-13(14)15(19)17-4-2/h6-7,11,18H,3-5,8-10,16H2,1-2H3,(H,17,19). The highest BCUT2D eigenvalue weighted by Gasteiger charge is 2.10. The minimum absolute atomic E-state index is 0.0859. The molecule has 4 N–H and O–H groups in total. The Balaban J connectivity index is 2.54. The number of carbonyl (C=O) groups excluding carboxylic acids is 1. The summed E-state index contributed by atoms with van der Waals surface area (Å²) in [5.41, 5.74) is 7.81. The van der Waals surface area contributed by atoms with E-state index in [9.17, 15) is 4.79 Å². The molecule has 112 valence electrons. The number of nitrogens with one attached hydrogen (secondary N) is 2. The third-order valence-corrected chi connectivity index (χ3v) is 2.75. The van der Waals surface area contributed by atoms with Crippen molar-refractivity contribution in [3.05, 3.63) is 23.8 Å².